The zero-order chi connectivity index (χ0) is 11.4. The van der Waals surface area contributed by atoms with Gasteiger partial charge in [-0.15, -0.1) is 0 Å². The van der Waals surface area contributed by atoms with Crippen LogP contribution in [0.25, 0.3) is 0 Å². The fourth-order valence-electron chi connectivity index (χ4n) is 2.23. The predicted molar refractivity (Wildman–Crippen MR) is 58.3 cm³/mol. The molecule has 0 spiro atoms. The Bertz CT molecular complexity index is 247. The molecule has 1 saturated carbocycles. The summed E-state index contributed by atoms with van der Waals surface area (Å²) in [4.78, 5) is 11.4. The van der Waals surface area contributed by atoms with Crippen LogP contribution in [0.5, 0.6) is 0 Å². The Hall–Kier alpha value is -0.830. The summed E-state index contributed by atoms with van der Waals surface area (Å²) in [5, 5.41) is 9.81. The molecule has 0 radical (unpaired) electrons. The number of ether oxygens (including phenoxy) is 1. The molecular weight excluding hydrogens is 192 g/mol. The van der Waals surface area contributed by atoms with Crippen molar-refractivity contribution in [3.8, 4) is 0 Å². The molecule has 0 bridgehead atoms. The number of aliphatic hydroxyl groups excluding tert-OH is 1. The molecule has 0 aromatic rings. The van der Waals surface area contributed by atoms with Gasteiger partial charge in [-0.1, -0.05) is 19.1 Å². The molecule has 0 aromatic heterocycles. The fourth-order valence-corrected chi connectivity index (χ4v) is 2.23. The van der Waals surface area contributed by atoms with Crippen molar-refractivity contribution in [1.29, 1.82) is 0 Å². The first kappa shape index (κ1) is 12.2. The zero-order valence-electron chi connectivity index (χ0n) is 9.53. The van der Waals surface area contributed by atoms with E-state index in [0.717, 1.165) is 18.4 Å². The highest BCUT2D eigenvalue weighted by Gasteiger charge is 2.33. The summed E-state index contributed by atoms with van der Waals surface area (Å²) in [6.45, 7) is 5.92. The monoisotopic (exact) mass is 212 g/mol. The first-order chi connectivity index (χ1) is 7.10. The van der Waals surface area contributed by atoms with Crippen LogP contribution in [0, 0.1) is 11.8 Å². The summed E-state index contributed by atoms with van der Waals surface area (Å²) >= 11 is 0. The van der Waals surface area contributed by atoms with Crippen LogP contribution < -0.4 is 0 Å². The van der Waals surface area contributed by atoms with Gasteiger partial charge in [0.1, 0.15) is 0 Å². The van der Waals surface area contributed by atoms with E-state index in [0.29, 0.717) is 12.8 Å². The van der Waals surface area contributed by atoms with Gasteiger partial charge in [0.15, 0.2) is 0 Å². The predicted octanol–water partition coefficient (Wildman–Crippen LogP) is 1.90. The minimum atomic E-state index is -0.370. The van der Waals surface area contributed by atoms with Crippen molar-refractivity contribution in [3.63, 3.8) is 0 Å². The number of hydrogen-bond acceptors (Lipinski definition) is 3. The first-order valence-electron chi connectivity index (χ1n) is 5.53. The molecule has 3 atom stereocenters. The molecule has 86 valence electrons. The molecule has 1 N–H and O–H groups in total. The molecule has 0 aliphatic heterocycles. The smallest absolute Gasteiger partial charge is 0.308 e. The summed E-state index contributed by atoms with van der Waals surface area (Å²) in [6.07, 6.45) is 2.64. The average Bonchev–Trinajstić information content (AvgIpc) is 2.27. The molecule has 3 heteroatoms. The number of hydrogen-bond donors (Lipinski definition) is 1. The van der Waals surface area contributed by atoms with Crippen molar-refractivity contribution in [2.75, 3.05) is 7.11 Å². The van der Waals surface area contributed by atoms with E-state index in [-0.39, 0.29) is 23.9 Å². The van der Waals surface area contributed by atoms with Crippen molar-refractivity contribution < 1.29 is 14.6 Å². The normalized spacial score (nSPS) is 28.6. The molecule has 0 saturated heterocycles. The van der Waals surface area contributed by atoms with E-state index >= 15 is 0 Å². The Balaban J connectivity index is 2.63. The lowest BCUT2D eigenvalue weighted by Crippen LogP contribution is -2.31. The van der Waals surface area contributed by atoms with Gasteiger partial charge in [-0.3, -0.25) is 4.79 Å². The summed E-state index contributed by atoms with van der Waals surface area (Å²) in [6, 6.07) is 0. The molecule has 0 amide bonds. The van der Waals surface area contributed by atoms with Gasteiger partial charge in [-0.05, 0) is 25.7 Å². The molecule has 1 aliphatic carbocycles. The van der Waals surface area contributed by atoms with Crippen LogP contribution in [0.3, 0.4) is 0 Å². The molecular formula is C12H20O3. The molecule has 1 aliphatic rings. The van der Waals surface area contributed by atoms with Crippen molar-refractivity contribution in [3.05, 3.63) is 12.2 Å². The molecule has 1 fully saturated rings. The Morgan fingerprint density at radius 2 is 2.40 bits per heavy atom. The summed E-state index contributed by atoms with van der Waals surface area (Å²) in [5.74, 6) is -0.157. The zero-order valence-corrected chi connectivity index (χ0v) is 9.53. The summed E-state index contributed by atoms with van der Waals surface area (Å²) in [7, 11) is 1.41. The third kappa shape index (κ3) is 2.81. The van der Waals surface area contributed by atoms with Crippen LogP contribution in [0.15, 0.2) is 12.2 Å². The molecule has 0 heterocycles. The van der Waals surface area contributed by atoms with Crippen molar-refractivity contribution in [2.24, 2.45) is 11.8 Å². The van der Waals surface area contributed by atoms with Gasteiger partial charge in [-0.25, -0.2) is 0 Å². The summed E-state index contributed by atoms with van der Waals surface area (Å²) in [5.41, 5.74) is 1.07. The third-order valence-corrected chi connectivity index (χ3v) is 3.29. The Kier molecular flexibility index (Phi) is 4.33. The molecule has 3 nitrogen and oxygen atoms in total. The quantitative estimate of drug-likeness (QED) is 0.574. The SMILES string of the molecule is C=C1CC[C@H](C(=O)OC)C[C@@H]1[C@@H](O)CC. The largest absolute Gasteiger partial charge is 0.469 e. The number of esters is 1. The van der Waals surface area contributed by atoms with Crippen molar-refractivity contribution in [1.82, 2.24) is 0 Å². The van der Waals surface area contributed by atoms with Crippen molar-refractivity contribution in [2.45, 2.75) is 38.7 Å². The minimum Gasteiger partial charge on any atom is -0.469 e. The standard InChI is InChI=1S/C12H20O3/c1-4-11(13)10-7-9(12(14)15-3)6-5-8(10)2/h9-11,13H,2,4-7H2,1,3H3/t9-,10-,11-/m0/s1. The highest BCUT2D eigenvalue weighted by Crippen LogP contribution is 2.35. The maximum absolute atomic E-state index is 11.4. The van der Waals surface area contributed by atoms with Gasteiger partial charge in [-0.2, -0.15) is 0 Å². The van der Waals surface area contributed by atoms with E-state index in [2.05, 4.69) is 6.58 Å². The second-order valence-electron chi connectivity index (χ2n) is 4.23. The van der Waals surface area contributed by atoms with Gasteiger partial charge in [0.25, 0.3) is 0 Å². The maximum atomic E-state index is 11.4. The van der Waals surface area contributed by atoms with E-state index in [9.17, 15) is 9.90 Å². The molecule has 15 heavy (non-hydrogen) atoms. The fraction of sp³-hybridized carbons (Fsp3) is 0.750. The van der Waals surface area contributed by atoms with E-state index in [1.165, 1.54) is 7.11 Å². The lowest BCUT2D eigenvalue weighted by atomic mass is 9.75. The highest BCUT2D eigenvalue weighted by atomic mass is 16.5. The maximum Gasteiger partial charge on any atom is 0.308 e. The van der Waals surface area contributed by atoms with Gasteiger partial charge in [0.05, 0.1) is 19.1 Å². The van der Waals surface area contributed by atoms with Gasteiger partial charge < -0.3 is 9.84 Å². The van der Waals surface area contributed by atoms with Gasteiger partial charge in [0, 0.05) is 5.92 Å². The second kappa shape index (κ2) is 5.31. The van der Waals surface area contributed by atoms with Crippen LogP contribution in [0.1, 0.15) is 32.6 Å². The number of methoxy groups -OCH3 is 1. The second-order valence-corrected chi connectivity index (χ2v) is 4.23. The molecule has 1 rings (SSSR count). The first-order valence-corrected chi connectivity index (χ1v) is 5.53. The Morgan fingerprint density at radius 1 is 1.73 bits per heavy atom. The van der Waals surface area contributed by atoms with E-state index < -0.39 is 0 Å². The van der Waals surface area contributed by atoms with Crippen LogP contribution in [-0.4, -0.2) is 24.3 Å². The molecule has 0 unspecified atom stereocenters. The molecule has 0 aromatic carbocycles. The number of aliphatic hydroxyl groups is 1. The average molecular weight is 212 g/mol. The van der Waals surface area contributed by atoms with Crippen LogP contribution in [0.4, 0.5) is 0 Å². The number of carbonyl (C=O) groups is 1. The van der Waals surface area contributed by atoms with E-state index in [1.807, 2.05) is 6.92 Å². The Morgan fingerprint density at radius 3 is 2.93 bits per heavy atom. The van der Waals surface area contributed by atoms with E-state index in [4.69, 9.17) is 4.74 Å². The number of rotatable bonds is 3. The highest BCUT2D eigenvalue weighted by molar-refractivity contribution is 5.72. The number of carbonyl (C=O) groups excluding carboxylic acids is 1. The minimum absolute atomic E-state index is 0.0628. The Labute approximate surface area is 91.1 Å². The summed E-state index contributed by atoms with van der Waals surface area (Å²) < 4.78 is 4.74. The van der Waals surface area contributed by atoms with Crippen LogP contribution in [0.2, 0.25) is 0 Å². The van der Waals surface area contributed by atoms with Gasteiger partial charge in [0.2, 0.25) is 0 Å². The van der Waals surface area contributed by atoms with E-state index in [1.54, 1.807) is 0 Å². The lowest BCUT2D eigenvalue weighted by Gasteiger charge is -2.32. The lowest BCUT2D eigenvalue weighted by molar-refractivity contribution is -0.147. The van der Waals surface area contributed by atoms with Crippen LogP contribution >= 0.6 is 0 Å². The van der Waals surface area contributed by atoms with Crippen LogP contribution in [-0.2, 0) is 9.53 Å². The van der Waals surface area contributed by atoms with Gasteiger partial charge >= 0.3 is 5.97 Å². The topological polar surface area (TPSA) is 46.5 Å². The third-order valence-electron chi connectivity index (χ3n) is 3.29. The van der Waals surface area contributed by atoms with Crippen molar-refractivity contribution >= 4 is 5.97 Å².